The molecular weight excluding hydrogens is 312 g/mol. The molecule has 0 spiro atoms. The van der Waals surface area contributed by atoms with Crippen LogP contribution in [0.2, 0.25) is 0 Å². The molecule has 0 fully saturated rings. The summed E-state index contributed by atoms with van der Waals surface area (Å²) < 4.78 is 27.7. The predicted octanol–water partition coefficient (Wildman–Crippen LogP) is 0.856. The molecule has 9 heteroatoms. The van der Waals surface area contributed by atoms with Crippen LogP contribution in [-0.4, -0.2) is 31.9 Å². The molecule has 0 aromatic carbocycles. The second kappa shape index (κ2) is 6.49. The van der Waals surface area contributed by atoms with Crippen LogP contribution in [-0.2, 0) is 14.8 Å². The van der Waals surface area contributed by atoms with Crippen molar-refractivity contribution in [2.24, 2.45) is 10.6 Å². The van der Waals surface area contributed by atoms with Crippen LogP contribution < -0.4 is 10.5 Å². The standard InChI is InChI=1S/C13H20N2O6S/c1-4-13(5-2,12(17)18)7-15-11(16)9-6-10(8(3)21-9)22(14,19)20/h6H,4-5,7H2,1-3H3,(H,15,16)(H,17,18)(H2,14,19,20). The van der Waals surface area contributed by atoms with E-state index in [4.69, 9.17) is 9.56 Å². The van der Waals surface area contributed by atoms with Crippen molar-refractivity contribution in [1.82, 2.24) is 5.32 Å². The van der Waals surface area contributed by atoms with Crippen LogP contribution >= 0.6 is 0 Å². The van der Waals surface area contributed by atoms with Crippen LogP contribution in [0, 0.1) is 12.3 Å². The maximum Gasteiger partial charge on any atom is 0.311 e. The van der Waals surface area contributed by atoms with Crippen molar-refractivity contribution in [3.8, 4) is 0 Å². The number of furan rings is 1. The molecule has 1 rings (SSSR count). The molecule has 1 heterocycles. The number of nitrogens with one attached hydrogen (secondary N) is 1. The van der Waals surface area contributed by atoms with Crippen LogP contribution in [0.4, 0.5) is 0 Å². The van der Waals surface area contributed by atoms with Gasteiger partial charge in [-0.15, -0.1) is 0 Å². The zero-order chi connectivity index (χ0) is 17.1. The van der Waals surface area contributed by atoms with E-state index in [1.165, 1.54) is 6.92 Å². The Kier molecular flexibility index (Phi) is 5.36. The van der Waals surface area contributed by atoms with Crippen LogP contribution in [0.15, 0.2) is 15.4 Å². The number of nitrogens with two attached hydrogens (primary N) is 1. The number of rotatable bonds is 7. The van der Waals surface area contributed by atoms with Gasteiger partial charge in [0.25, 0.3) is 5.91 Å². The highest BCUT2D eigenvalue weighted by atomic mass is 32.2. The molecule has 0 saturated heterocycles. The third-order valence-electron chi connectivity index (χ3n) is 3.80. The second-order valence-electron chi connectivity index (χ2n) is 5.05. The summed E-state index contributed by atoms with van der Waals surface area (Å²) in [5, 5.41) is 16.8. The third-order valence-corrected chi connectivity index (χ3v) is 4.82. The number of primary sulfonamides is 1. The monoisotopic (exact) mass is 332 g/mol. The van der Waals surface area contributed by atoms with E-state index in [2.05, 4.69) is 5.32 Å². The van der Waals surface area contributed by atoms with Crippen molar-refractivity contribution in [2.75, 3.05) is 6.54 Å². The van der Waals surface area contributed by atoms with Crippen molar-refractivity contribution in [3.63, 3.8) is 0 Å². The van der Waals surface area contributed by atoms with Gasteiger partial charge in [-0.2, -0.15) is 0 Å². The number of aliphatic carboxylic acids is 1. The molecule has 0 radical (unpaired) electrons. The van der Waals surface area contributed by atoms with Crippen LogP contribution in [0.5, 0.6) is 0 Å². The van der Waals surface area contributed by atoms with Gasteiger partial charge in [0.05, 0.1) is 5.41 Å². The fourth-order valence-corrected chi connectivity index (χ4v) is 2.79. The number of hydrogen-bond donors (Lipinski definition) is 3. The molecule has 1 aromatic heterocycles. The minimum atomic E-state index is -3.98. The Hall–Kier alpha value is -1.87. The number of carbonyl (C=O) groups is 2. The number of carbonyl (C=O) groups excluding carboxylic acids is 1. The number of amides is 1. The van der Waals surface area contributed by atoms with E-state index in [0.717, 1.165) is 6.07 Å². The molecule has 0 bridgehead atoms. The summed E-state index contributed by atoms with van der Waals surface area (Å²) in [7, 11) is -3.98. The van der Waals surface area contributed by atoms with E-state index in [1.807, 2.05) is 0 Å². The molecule has 8 nitrogen and oxygen atoms in total. The van der Waals surface area contributed by atoms with E-state index in [1.54, 1.807) is 13.8 Å². The van der Waals surface area contributed by atoms with Gasteiger partial charge in [-0.05, 0) is 19.8 Å². The van der Waals surface area contributed by atoms with Crippen LogP contribution in [0.25, 0.3) is 0 Å². The number of carboxylic acids is 1. The number of aryl methyl sites for hydroxylation is 1. The lowest BCUT2D eigenvalue weighted by atomic mass is 9.82. The van der Waals surface area contributed by atoms with E-state index in [9.17, 15) is 23.1 Å². The quantitative estimate of drug-likeness (QED) is 0.676. The molecule has 22 heavy (non-hydrogen) atoms. The summed E-state index contributed by atoms with van der Waals surface area (Å²) in [6.45, 7) is 4.73. The first-order valence-electron chi connectivity index (χ1n) is 6.72. The van der Waals surface area contributed by atoms with Gasteiger partial charge in [0.1, 0.15) is 10.7 Å². The van der Waals surface area contributed by atoms with E-state index in [-0.39, 0.29) is 23.0 Å². The number of hydrogen-bond acceptors (Lipinski definition) is 5. The van der Waals surface area contributed by atoms with E-state index >= 15 is 0 Å². The fraction of sp³-hybridized carbons (Fsp3) is 0.538. The molecule has 4 N–H and O–H groups in total. The van der Waals surface area contributed by atoms with Gasteiger partial charge in [0.15, 0.2) is 5.76 Å². The summed E-state index contributed by atoms with van der Waals surface area (Å²) >= 11 is 0. The Morgan fingerprint density at radius 3 is 2.27 bits per heavy atom. The van der Waals surface area contributed by atoms with Crippen molar-refractivity contribution in [1.29, 1.82) is 0 Å². The van der Waals surface area contributed by atoms with E-state index < -0.39 is 27.3 Å². The van der Waals surface area contributed by atoms with Crippen molar-refractivity contribution < 1.29 is 27.5 Å². The van der Waals surface area contributed by atoms with Crippen LogP contribution in [0.3, 0.4) is 0 Å². The summed E-state index contributed by atoms with van der Waals surface area (Å²) in [5.74, 6) is -1.92. The molecular formula is C13H20N2O6S. The highest BCUT2D eigenvalue weighted by molar-refractivity contribution is 7.89. The Bertz CT molecular complexity index is 673. The fourth-order valence-electron chi connectivity index (χ4n) is 2.07. The lowest BCUT2D eigenvalue weighted by molar-refractivity contribution is -0.149. The summed E-state index contributed by atoms with van der Waals surface area (Å²) in [6.07, 6.45) is 0.692. The smallest absolute Gasteiger partial charge is 0.311 e. The van der Waals surface area contributed by atoms with Crippen LogP contribution in [0.1, 0.15) is 43.0 Å². The van der Waals surface area contributed by atoms with Gasteiger partial charge in [-0.25, -0.2) is 13.6 Å². The summed E-state index contributed by atoms with van der Waals surface area (Å²) in [6, 6.07) is 1.03. The molecule has 0 aliphatic carbocycles. The van der Waals surface area contributed by atoms with Gasteiger partial charge in [-0.3, -0.25) is 9.59 Å². The SMILES string of the molecule is CCC(CC)(CNC(=O)c1cc(S(N)(=O)=O)c(C)o1)C(=O)O. The largest absolute Gasteiger partial charge is 0.481 e. The molecule has 124 valence electrons. The van der Waals surface area contributed by atoms with Crippen molar-refractivity contribution >= 4 is 21.9 Å². The average Bonchev–Trinajstić information content (AvgIpc) is 2.82. The molecule has 1 aromatic rings. The maximum absolute atomic E-state index is 12.0. The molecule has 0 atom stereocenters. The van der Waals surface area contributed by atoms with E-state index in [0.29, 0.717) is 12.8 Å². The number of sulfonamides is 1. The maximum atomic E-state index is 12.0. The third kappa shape index (κ3) is 3.66. The Morgan fingerprint density at radius 2 is 1.91 bits per heavy atom. The molecule has 0 saturated carbocycles. The molecule has 1 amide bonds. The Labute approximate surface area is 128 Å². The first-order valence-corrected chi connectivity index (χ1v) is 8.27. The van der Waals surface area contributed by atoms with Gasteiger partial charge in [-0.1, -0.05) is 13.8 Å². The zero-order valence-electron chi connectivity index (χ0n) is 12.7. The Balaban J connectivity index is 2.93. The number of carboxylic acid groups (broad SMARTS) is 1. The zero-order valence-corrected chi connectivity index (χ0v) is 13.5. The van der Waals surface area contributed by atoms with Gasteiger partial charge >= 0.3 is 5.97 Å². The highest BCUT2D eigenvalue weighted by Gasteiger charge is 2.35. The second-order valence-corrected chi connectivity index (χ2v) is 6.58. The van der Waals surface area contributed by atoms with Crippen molar-refractivity contribution in [2.45, 2.75) is 38.5 Å². The lowest BCUT2D eigenvalue weighted by Crippen LogP contribution is -2.42. The topological polar surface area (TPSA) is 140 Å². The summed E-state index contributed by atoms with van der Waals surface area (Å²) in [5.41, 5.74) is -1.07. The first-order chi connectivity index (χ1) is 10.1. The molecule has 0 unspecified atom stereocenters. The van der Waals surface area contributed by atoms with Gasteiger partial charge in [0.2, 0.25) is 10.0 Å². The average molecular weight is 332 g/mol. The first kappa shape index (κ1) is 18.2. The molecule has 0 aliphatic heterocycles. The highest BCUT2D eigenvalue weighted by Crippen LogP contribution is 2.26. The minimum absolute atomic E-state index is 0.00290. The normalized spacial score (nSPS) is 12.2. The molecule has 0 aliphatic rings. The predicted molar refractivity (Wildman–Crippen MR) is 77.8 cm³/mol. The van der Waals surface area contributed by atoms with Gasteiger partial charge < -0.3 is 14.8 Å². The Morgan fingerprint density at radius 1 is 1.36 bits per heavy atom. The van der Waals surface area contributed by atoms with Crippen molar-refractivity contribution in [3.05, 3.63) is 17.6 Å². The summed E-state index contributed by atoms with van der Waals surface area (Å²) in [4.78, 5) is 23.1. The minimum Gasteiger partial charge on any atom is -0.481 e. The van der Waals surface area contributed by atoms with Gasteiger partial charge in [0, 0.05) is 12.6 Å². The lowest BCUT2D eigenvalue weighted by Gasteiger charge is -2.26.